The predicted molar refractivity (Wildman–Crippen MR) is 116 cm³/mol. The van der Waals surface area contributed by atoms with E-state index in [9.17, 15) is 4.79 Å². The number of carbonyl (C=O) groups excluding carboxylic acids is 1. The van der Waals surface area contributed by atoms with E-state index in [4.69, 9.17) is 4.74 Å². The highest BCUT2D eigenvalue weighted by atomic mass is 16.5. The van der Waals surface area contributed by atoms with E-state index in [1.54, 1.807) is 0 Å². The van der Waals surface area contributed by atoms with Gasteiger partial charge in [0, 0.05) is 31.5 Å². The Kier molecular flexibility index (Phi) is 4.51. The van der Waals surface area contributed by atoms with E-state index >= 15 is 0 Å². The molecule has 2 aliphatic rings. The summed E-state index contributed by atoms with van der Waals surface area (Å²) in [5.41, 5.74) is 8.17. The van der Waals surface area contributed by atoms with Crippen molar-refractivity contribution in [1.29, 1.82) is 0 Å². The number of fused-ring (bicyclic) bond motifs is 2. The molecular formula is C25H26N2O2. The zero-order valence-electron chi connectivity index (χ0n) is 17.0. The fourth-order valence-corrected chi connectivity index (χ4v) is 4.76. The molecule has 5 rings (SSSR count). The fraction of sp³-hybridized carbons (Fsp3) is 0.320. The summed E-state index contributed by atoms with van der Waals surface area (Å²) in [6.07, 6.45) is 4.32. The van der Waals surface area contributed by atoms with Gasteiger partial charge in [0.1, 0.15) is 0 Å². The van der Waals surface area contributed by atoms with E-state index in [0.717, 1.165) is 32.5 Å². The SMILES string of the molecule is COC(=O)C1CN(CC2=C(C)c3ccc(-n4ccc5ccccc54)cc3CC2)C1. The number of nitrogens with zero attached hydrogens (tertiary/aromatic N) is 2. The quantitative estimate of drug-likeness (QED) is 0.621. The Bertz CT molecular complexity index is 1120. The molecule has 0 amide bonds. The minimum Gasteiger partial charge on any atom is -0.469 e. The topological polar surface area (TPSA) is 34.5 Å². The molecule has 4 nitrogen and oxygen atoms in total. The van der Waals surface area contributed by atoms with Gasteiger partial charge in [-0.25, -0.2) is 0 Å². The summed E-state index contributed by atoms with van der Waals surface area (Å²) in [5, 5.41) is 1.27. The molecule has 2 aromatic carbocycles. The zero-order chi connectivity index (χ0) is 20.0. The van der Waals surface area contributed by atoms with Crippen molar-refractivity contribution >= 4 is 22.4 Å². The molecule has 1 fully saturated rings. The summed E-state index contributed by atoms with van der Waals surface area (Å²) >= 11 is 0. The van der Waals surface area contributed by atoms with Crippen LogP contribution in [0.3, 0.4) is 0 Å². The Morgan fingerprint density at radius 1 is 1.10 bits per heavy atom. The Balaban J connectivity index is 1.37. The van der Waals surface area contributed by atoms with Crippen LogP contribution < -0.4 is 0 Å². The number of likely N-dealkylation sites (tertiary alicyclic amines) is 1. The number of ether oxygens (including phenoxy) is 1. The first-order valence-electron chi connectivity index (χ1n) is 10.3. The second-order valence-corrected chi connectivity index (χ2v) is 8.23. The molecule has 0 N–H and O–H groups in total. The van der Waals surface area contributed by atoms with Crippen LogP contribution in [-0.4, -0.2) is 42.2 Å². The number of aryl methyl sites for hydroxylation is 1. The molecule has 0 bridgehead atoms. The summed E-state index contributed by atoms with van der Waals surface area (Å²) in [5.74, 6) is -0.0262. The lowest BCUT2D eigenvalue weighted by Crippen LogP contribution is -2.51. The standard InChI is InChI=1S/C25H26N2O2/c1-17-20(14-26-15-21(16-26)25(28)29-2)8-7-19-13-22(9-10-23(17)19)27-12-11-18-5-3-4-6-24(18)27/h3-6,9-13,21H,7-8,14-16H2,1-2H3. The van der Waals surface area contributed by atoms with Crippen LogP contribution >= 0.6 is 0 Å². The largest absolute Gasteiger partial charge is 0.469 e. The van der Waals surface area contributed by atoms with E-state index in [1.165, 1.54) is 46.0 Å². The smallest absolute Gasteiger partial charge is 0.311 e. The van der Waals surface area contributed by atoms with E-state index in [2.05, 4.69) is 71.1 Å². The van der Waals surface area contributed by atoms with Gasteiger partial charge in [-0.3, -0.25) is 9.69 Å². The van der Waals surface area contributed by atoms with Gasteiger partial charge in [0.05, 0.1) is 18.5 Å². The maximum absolute atomic E-state index is 11.6. The second kappa shape index (κ2) is 7.20. The molecule has 0 atom stereocenters. The van der Waals surface area contributed by atoms with Crippen molar-refractivity contribution in [2.75, 3.05) is 26.7 Å². The molecule has 3 aromatic rings. The van der Waals surface area contributed by atoms with E-state index < -0.39 is 0 Å². The van der Waals surface area contributed by atoms with Crippen LogP contribution in [0.2, 0.25) is 0 Å². The van der Waals surface area contributed by atoms with Crippen LogP contribution in [0.5, 0.6) is 0 Å². The molecule has 4 heteroatoms. The molecule has 1 aromatic heterocycles. The number of rotatable bonds is 4. The van der Waals surface area contributed by atoms with E-state index in [-0.39, 0.29) is 11.9 Å². The lowest BCUT2D eigenvalue weighted by molar-refractivity contribution is -0.151. The van der Waals surface area contributed by atoms with Gasteiger partial charge in [0.15, 0.2) is 0 Å². The normalized spacial score (nSPS) is 17.3. The maximum Gasteiger partial charge on any atom is 0.311 e. The van der Waals surface area contributed by atoms with Gasteiger partial charge < -0.3 is 9.30 Å². The molecular weight excluding hydrogens is 360 g/mol. The number of benzene rings is 2. The number of allylic oxidation sites excluding steroid dienone is 1. The van der Waals surface area contributed by atoms with Gasteiger partial charge in [0.25, 0.3) is 0 Å². The van der Waals surface area contributed by atoms with Crippen molar-refractivity contribution < 1.29 is 9.53 Å². The number of para-hydroxylation sites is 1. The Labute approximate surface area is 171 Å². The first-order chi connectivity index (χ1) is 14.1. The molecule has 148 valence electrons. The predicted octanol–water partition coefficient (Wildman–Crippen LogP) is 4.46. The van der Waals surface area contributed by atoms with Gasteiger partial charge in [-0.05, 0) is 66.1 Å². The Morgan fingerprint density at radius 3 is 2.76 bits per heavy atom. The molecule has 0 spiro atoms. The van der Waals surface area contributed by atoms with Crippen LogP contribution in [-0.2, 0) is 16.0 Å². The van der Waals surface area contributed by atoms with Crippen LogP contribution in [0.25, 0.3) is 22.2 Å². The molecule has 0 radical (unpaired) electrons. The van der Waals surface area contributed by atoms with Crippen LogP contribution in [0.15, 0.2) is 60.3 Å². The summed E-state index contributed by atoms with van der Waals surface area (Å²) in [7, 11) is 1.47. The molecule has 0 unspecified atom stereocenters. The molecule has 2 heterocycles. The van der Waals surface area contributed by atoms with Crippen molar-refractivity contribution in [2.24, 2.45) is 5.92 Å². The average molecular weight is 386 g/mol. The van der Waals surface area contributed by atoms with Gasteiger partial charge in [-0.1, -0.05) is 29.8 Å². The van der Waals surface area contributed by atoms with Gasteiger partial charge in [-0.15, -0.1) is 0 Å². The number of esters is 1. The number of methoxy groups -OCH3 is 1. The lowest BCUT2D eigenvalue weighted by Gasteiger charge is -2.39. The zero-order valence-corrected chi connectivity index (χ0v) is 17.0. The maximum atomic E-state index is 11.6. The number of hydrogen-bond donors (Lipinski definition) is 0. The van der Waals surface area contributed by atoms with Gasteiger partial charge in [-0.2, -0.15) is 0 Å². The van der Waals surface area contributed by atoms with Crippen molar-refractivity contribution in [3.05, 3.63) is 71.4 Å². The van der Waals surface area contributed by atoms with Gasteiger partial charge in [0.2, 0.25) is 0 Å². The first kappa shape index (κ1) is 18.2. The van der Waals surface area contributed by atoms with Crippen LogP contribution in [0.1, 0.15) is 24.5 Å². The first-order valence-corrected chi connectivity index (χ1v) is 10.3. The minimum absolute atomic E-state index is 0.0516. The third-order valence-electron chi connectivity index (χ3n) is 6.50. The Morgan fingerprint density at radius 2 is 1.93 bits per heavy atom. The van der Waals surface area contributed by atoms with Crippen molar-refractivity contribution in [1.82, 2.24) is 9.47 Å². The van der Waals surface area contributed by atoms with E-state index in [1.807, 2.05) is 0 Å². The fourth-order valence-electron chi connectivity index (χ4n) is 4.76. The monoisotopic (exact) mass is 386 g/mol. The van der Waals surface area contributed by atoms with Crippen LogP contribution in [0.4, 0.5) is 0 Å². The van der Waals surface area contributed by atoms with E-state index in [0.29, 0.717) is 0 Å². The molecule has 1 saturated heterocycles. The highest BCUT2D eigenvalue weighted by Crippen LogP contribution is 2.34. The number of aromatic nitrogens is 1. The van der Waals surface area contributed by atoms with Crippen molar-refractivity contribution in [3.63, 3.8) is 0 Å². The second-order valence-electron chi connectivity index (χ2n) is 8.23. The Hall–Kier alpha value is -2.85. The lowest BCUT2D eigenvalue weighted by atomic mass is 9.85. The molecule has 1 aliphatic carbocycles. The van der Waals surface area contributed by atoms with Crippen LogP contribution in [0, 0.1) is 5.92 Å². The summed E-state index contributed by atoms with van der Waals surface area (Å²) in [6, 6.07) is 17.5. The molecule has 0 saturated carbocycles. The number of carbonyl (C=O) groups is 1. The molecule has 29 heavy (non-hydrogen) atoms. The third-order valence-corrected chi connectivity index (χ3v) is 6.50. The average Bonchev–Trinajstić information content (AvgIpc) is 3.15. The minimum atomic E-state index is -0.0778. The van der Waals surface area contributed by atoms with Crippen molar-refractivity contribution in [3.8, 4) is 5.69 Å². The van der Waals surface area contributed by atoms with Crippen molar-refractivity contribution in [2.45, 2.75) is 19.8 Å². The van der Waals surface area contributed by atoms with Gasteiger partial charge >= 0.3 is 5.97 Å². The summed E-state index contributed by atoms with van der Waals surface area (Å²) in [6.45, 7) is 4.84. The summed E-state index contributed by atoms with van der Waals surface area (Å²) < 4.78 is 7.12. The number of hydrogen-bond acceptors (Lipinski definition) is 3. The highest BCUT2D eigenvalue weighted by Gasteiger charge is 2.34. The highest BCUT2D eigenvalue weighted by molar-refractivity contribution is 5.82. The third kappa shape index (κ3) is 3.18. The molecule has 1 aliphatic heterocycles. The summed E-state index contributed by atoms with van der Waals surface area (Å²) in [4.78, 5) is 14.0.